The number of hydrogen-bond donors (Lipinski definition) is 3. The van der Waals surface area contributed by atoms with E-state index >= 15 is 0 Å². The maximum atomic E-state index is 12.5. The number of benzene rings is 2. The molecule has 9 nitrogen and oxygen atoms in total. The van der Waals surface area contributed by atoms with Gasteiger partial charge in [-0.2, -0.15) is 0 Å². The van der Waals surface area contributed by atoms with Crippen LogP contribution in [0, 0.1) is 0 Å². The lowest BCUT2D eigenvalue weighted by Gasteiger charge is -2.24. The van der Waals surface area contributed by atoms with Crippen molar-refractivity contribution in [2.45, 2.75) is 37.1 Å². The lowest BCUT2D eigenvalue weighted by atomic mass is 9.97. The van der Waals surface area contributed by atoms with Gasteiger partial charge in [0.05, 0.1) is 0 Å². The second kappa shape index (κ2) is 8.66. The van der Waals surface area contributed by atoms with Crippen molar-refractivity contribution in [3.05, 3.63) is 71.4 Å². The van der Waals surface area contributed by atoms with E-state index < -0.39 is 23.5 Å². The summed E-state index contributed by atoms with van der Waals surface area (Å²) in [5.41, 5.74) is 3.01. The summed E-state index contributed by atoms with van der Waals surface area (Å²) in [5.74, 6) is -1.90. The molecule has 174 valence electrons. The minimum atomic E-state index is -1.30. The van der Waals surface area contributed by atoms with E-state index in [1.54, 1.807) is 0 Å². The van der Waals surface area contributed by atoms with Gasteiger partial charge in [0.2, 0.25) is 5.88 Å². The topological polar surface area (TPSA) is 131 Å². The largest absolute Gasteiger partial charge is 0.480 e. The summed E-state index contributed by atoms with van der Waals surface area (Å²) >= 11 is 0. The first-order valence-corrected chi connectivity index (χ1v) is 11.1. The summed E-state index contributed by atoms with van der Waals surface area (Å²) < 4.78 is 10.5. The van der Waals surface area contributed by atoms with Crippen LogP contribution in [-0.2, 0) is 9.53 Å². The minimum absolute atomic E-state index is 0.0711. The third-order valence-corrected chi connectivity index (χ3v) is 6.53. The molecule has 1 saturated carbocycles. The fourth-order valence-electron chi connectivity index (χ4n) is 4.83. The summed E-state index contributed by atoms with van der Waals surface area (Å²) in [4.78, 5) is 36.5. The van der Waals surface area contributed by atoms with Crippen molar-refractivity contribution in [1.29, 1.82) is 0 Å². The number of rotatable bonds is 6. The summed E-state index contributed by atoms with van der Waals surface area (Å²) in [7, 11) is 0. The molecule has 0 atom stereocenters. The molecule has 1 heterocycles. The zero-order valence-corrected chi connectivity index (χ0v) is 18.2. The number of hydrogen-bond acceptors (Lipinski definition) is 6. The zero-order valence-electron chi connectivity index (χ0n) is 18.2. The number of nitrogens with zero attached hydrogens (tertiary/aromatic N) is 1. The molecule has 34 heavy (non-hydrogen) atoms. The van der Waals surface area contributed by atoms with Crippen molar-refractivity contribution in [2.24, 2.45) is 0 Å². The van der Waals surface area contributed by atoms with Gasteiger partial charge in [0, 0.05) is 12.0 Å². The Morgan fingerprint density at radius 1 is 1.03 bits per heavy atom. The lowest BCUT2D eigenvalue weighted by molar-refractivity contribution is -0.144. The molecule has 0 radical (unpaired) electrons. The van der Waals surface area contributed by atoms with Gasteiger partial charge in [-0.1, -0.05) is 66.5 Å². The average molecular weight is 461 g/mol. The quantitative estimate of drug-likeness (QED) is 0.502. The molecule has 0 spiro atoms. The summed E-state index contributed by atoms with van der Waals surface area (Å²) in [5, 5.41) is 18.2. The first-order valence-electron chi connectivity index (χ1n) is 11.1. The number of nitrogens with one attached hydrogen (secondary N) is 2. The molecule has 0 aliphatic heterocycles. The summed E-state index contributed by atoms with van der Waals surface area (Å²) in [6, 6.07) is 17.3. The molecule has 2 aliphatic carbocycles. The van der Waals surface area contributed by atoms with E-state index in [1.165, 1.54) is 6.07 Å². The number of carboxylic acids is 1. The Morgan fingerprint density at radius 3 is 2.26 bits per heavy atom. The van der Waals surface area contributed by atoms with E-state index in [1.807, 2.05) is 36.4 Å². The molecule has 2 aromatic carbocycles. The summed E-state index contributed by atoms with van der Waals surface area (Å²) in [6.07, 6.45) is 1.41. The van der Waals surface area contributed by atoms with E-state index in [-0.39, 0.29) is 24.1 Å². The van der Waals surface area contributed by atoms with Crippen molar-refractivity contribution in [3.8, 4) is 11.1 Å². The van der Waals surface area contributed by atoms with Crippen molar-refractivity contribution < 1.29 is 28.8 Å². The Balaban J connectivity index is 1.21. The van der Waals surface area contributed by atoms with Crippen LogP contribution in [0.1, 0.15) is 53.2 Å². The number of carbonyl (C=O) groups is 3. The van der Waals surface area contributed by atoms with E-state index in [0.29, 0.717) is 12.8 Å². The Hall–Kier alpha value is -4.14. The molecule has 3 N–H and O–H groups in total. The first-order chi connectivity index (χ1) is 16.5. The first kappa shape index (κ1) is 21.7. The maximum Gasteiger partial charge on any atom is 0.414 e. The fraction of sp³-hybridized carbons (Fsp3) is 0.280. The van der Waals surface area contributed by atoms with Crippen LogP contribution in [0.2, 0.25) is 0 Å². The minimum Gasteiger partial charge on any atom is -0.480 e. The molecule has 0 unspecified atom stereocenters. The Kier molecular flexibility index (Phi) is 5.53. The van der Waals surface area contributed by atoms with Crippen LogP contribution in [0.3, 0.4) is 0 Å². The van der Waals surface area contributed by atoms with Crippen LogP contribution in [0.5, 0.6) is 0 Å². The Labute approximate surface area is 195 Å². The van der Waals surface area contributed by atoms with Crippen LogP contribution < -0.4 is 10.6 Å². The molecule has 5 rings (SSSR count). The number of fused-ring (bicyclic) bond motifs is 3. The van der Waals surface area contributed by atoms with Crippen LogP contribution in [0.4, 0.5) is 10.7 Å². The molecule has 1 fully saturated rings. The normalized spacial score (nSPS) is 15.9. The number of amides is 2. The molecule has 0 saturated heterocycles. The van der Waals surface area contributed by atoms with Gasteiger partial charge in [0.1, 0.15) is 12.1 Å². The molecule has 1 aromatic heterocycles. The van der Waals surface area contributed by atoms with Crippen LogP contribution >= 0.6 is 0 Å². The van der Waals surface area contributed by atoms with Crippen molar-refractivity contribution in [3.63, 3.8) is 0 Å². The van der Waals surface area contributed by atoms with Crippen molar-refractivity contribution in [1.82, 2.24) is 10.5 Å². The molecule has 9 heteroatoms. The van der Waals surface area contributed by atoms with Crippen molar-refractivity contribution in [2.75, 3.05) is 11.9 Å². The van der Waals surface area contributed by atoms with Crippen LogP contribution in [-0.4, -0.2) is 40.4 Å². The van der Waals surface area contributed by atoms with Gasteiger partial charge in [0.15, 0.2) is 5.69 Å². The molecular formula is C25H23N3O6. The van der Waals surface area contributed by atoms with E-state index in [4.69, 9.17) is 9.26 Å². The van der Waals surface area contributed by atoms with Gasteiger partial charge in [-0.05, 0) is 35.1 Å². The maximum absolute atomic E-state index is 12.5. The highest BCUT2D eigenvalue weighted by atomic mass is 16.6. The third-order valence-electron chi connectivity index (χ3n) is 6.53. The second-order valence-corrected chi connectivity index (χ2v) is 8.58. The van der Waals surface area contributed by atoms with Gasteiger partial charge in [-0.3, -0.25) is 10.1 Å². The van der Waals surface area contributed by atoms with E-state index in [0.717, 1.165) is 35.1 Å². The molecule has 0 bridgehead atoms. The van der Waals surface area contributed by atoms with Gasteiger partial charge >= 0.3 is 12.1 Å². The van der Waals surface area contributed by atoms with Crippen LogP contribution in [0.15, 0.2) is 59.1 Å². The smallest absolute Gasteiger partial charge is 0.414 e. The highest BCUT2D eigenvalue weighted by Crippen LogP contribution is 2.44. The number of carboxylic acid groups (broad SMARTS) is 1. The highest BCUT2D eigenvalue weighted by Gasteiger charge is 2.43. The number of anilines is 1. The predicted molar refractivity (Wildman–Crippen MR) is 121 cm³/mol. The Bertz CT molecular complexity index is 1220. The zero-order chi connectivity index (χ0) is 23.7. The molecular weight excluding hydrogens is 438 g/mol. The van der Waals surface area contributed by atoms with Crippen LogP contribution in [0.25, 0.3) is 11.1 Å². The molecule has 3 aromatic rings. The monoisotopic (exact) mass is 461 g/mol. The molecule has 2 aliphatic rings. The number of aromatic nitrogens is 1. The van der Waals surface area contributed by atoms with Gasteiger partial charge in [-0.15, -0.1) is 0 Å². The predicted octanol–water partition coefficient (Wildman–Crippen LogP) is 4.16. The van der Waals surface area contributed by atoms with Gasteiger partial charge in [0.25, 0.3) is 5.91 Å². The average Bonchev–Trinajstić information content (AvgIpc) is 3.56. The molecule has 2 amide bonds. The number of ether oxygens (including phenoxy) is 1. The highest BCUT2D eigenvalue weighted by molar-refractivity contribution is 5.97. The second-order valence-electron chi connectivity index (χ2n) is 8.58. The SMILES string of the molecule is O=C(Nc1cc(C(=O)NC2(C(=O)O)CCCC2)no1)OCC1c2ccccc2-c2ccccc21. The van der Waals surface area contributed by atoms with Gasteiger partial charge < -0.3 is 19.7 Å². The standard InChI is InChI=1S/C25H23N3O6/c29-22(27-25(23(30)31)11-5-6-12-25)20-13-21(34-28-20)26-24(32)33-14-19-17-9-3-1-7-15(17)16-8-2-4-10-18(16)19/h1-4,7-10,13,19H,5-6,11-12,14H2,(H,26,32)(H,27,29)(H,30,31). The number of carbonyl (C=O) groups excluding carboxylic acids is 2. The fourth-order valence-corrected chi connectivity index (χ4v) is 4.83. The third kappa shape index (κ3) is 3.89. The lowest BCUT2D eigenvalue weighted by Crippen LogP contribution is -2.52. The van der Waals surface area contributed by atoms with Gasteiger partial charge in [-0.25, -0.2) is 9.59 Å². The number of aliphatic carboxylic acids is 1. The van der Waals surface area contributed by atoms with E-state index in [9.17, 15) is 19.5 Å². The van der Waals surface area contributed by atoms with E-state index in [2.05, 4.69) is 27.9 Å². The summed E-state index contributed by atoms with van der Waals surface area (Å²) in [6.45, 7) is 0.127. The Morgan fingerprint density at radius 2 is 1.65 bits per heavy atom. The van der Waals surface area contributed by atoms with Crippen molar-refractivity contribution >= 4 is 23.9 Å².